The summed E-state index contributed by atoms with van der Waals surface area (Å²) in [6.45, 7) is 5.12. The Kier molecular flexibility index (Phi) is 9.11. The molecular weight excluding hydrogens is 461 g/mol. The molecule has 2 aromatic carbocycles. The molecule has 1 aliphatic rings. The van der Waals surface area contributed by atoms with E-state index in [1.807, 2.05) is 48.0 Å². The number of aryl methyl sites for hydroxylation is 1. The molecule has 0 unspecified atom stereocenters. The van der Waals surface area contributed by atoms with Gasteiger partial charge < -0.3 is 15.0 Å². The summed E-state index contributed by atoms with van der Waals surface area (Å²) in [7, 11) is 1.86. The lowest BCUT2D eigenvalue weighted by Gasteiger charge is -2.35. The SMILES string of the molecule is Cc1ccccc1OCCN(C)CC(=O)N1CCN(CC(=O)Nc2ccccc2C(F)(F)F)CC1. The molecule has 1 fully saturated rings. The molecule has 190 valence electrons. The number of amides is 2. The van der Waals surface area contributed by atoms with E-state index in [1.54, 1.807) is 4.90 Å². The molecule has 1 N–H and O–H groups in total. The van der Waals surface area contributed by atoms with Gasteiger partial charge in [-0.25, -0.2) is 0 Å². The molecule has 2 aromatic rings. The van der Waals surface area contributed by atoms with Crippen LogP contribution in [0.1, 0.15) is 11.1 Å². The minimum atomic E-state index is -4.55. The molecule has 0 aliphatic carbocycles. The summed E-state index contributed by atoms with van der Waals surface area (Å²) in [5.74, 6) is 0.302. The second-order valence-electron chi connectivity index (χ2n) is 8.60. The lowest BCUT2D eigenvalue weighted by atomic mass is 10.1. The van der Waals surface area contributed by atoms with Crippen molar-refractivity contribution in [3.8, 4) is 5.75 Å². The van der Waals surface area contributed by atoms with E-state index in [2.05, 4.69) is 5.32 Å². The fourth-order valence-electron chi connectivity index (χ4n) is 3.83. The van der Waals surface area contributed by atoms with Crippen molar-refractivity contribution in [3.05, 3.63) is 59.7 Å². The normalized spacial score (nSPS) is 14.7. The Hall–Kier alpha value is -3.11. The Morgan fingerprint density at radius 1 is 1.03 bits per heavy atom. The van der Waals surface area contributed by atoms with Gasteiger partial charge in [-0.05, 0) is 37.7 Å². The Balaban J connectivity index is 1.38. The zero-order valence-corrected chi connectivity index (χ0v) is 20.0. The molecule has 0 bridgehead atoms. The van der Waals surface area contributed by atoms with Gasteiger partial charge in [-0.1, -0.05) is 30.3 Å². The Morgan fingerprint density at radius 2 is 1.69 bits per heavy atom. The molecular formula is C25H31F3N4O3. The largest absolute Gasteiger partial charge is 0.492 e. The number of likely N-dealkylation sites (N-methyl/N-ethyl adjacent to an activating group) is 1. The molecule has 0 atom stereocenters. The van der Waals surface area contributed by atoms with Gasteiger partial charge in [-0.15, -0.1) is 0 Å². The average molecular weight is 493 g/mol. The summed E-state index contributed by atoms with van der Waals surface area (Å²) in [5.41, 5.74) is -0.0761. The number of carbonyl (C=O) groups is 2. The van der Waals surface area contributed by atoms with Gasteiger partial charge >= 0.3 is 6.18 Å². The van der Waals surface area contributed by atoms with Crippen molar-refractivity contribution in [2.75, 3.05) is 64.8 Å². The third kappa shape index (κ3) is 7.97. The Morgan fingerprint density at radius 3 is 2.37 bits per heavy atom. The molecule has 2 amide bonds. The van der Waals surface area contributed by atoms with Crippen molar-refractivity contribution < 1.29 is 27.5 Å². The van der Waals surface area contributed by atoms with Crippen molar-refractivity contribution >= 4 is 17.5 Å². The second-order valence-corrected chi connectivity index (χ2v) is 8.60. The number of carbonyl (C=O) groups excluding carboxylic acids is 2. The van der Waals surface area contributed by atoms with E-state index in [4.69, 9.17) is 4.74 Å². The highest BCUT2D eigenvalue weighted by atomic mass is 19.4. The summed E-state index contributed by atoms with van der Waals surface area (Å²) in [6, 6.07) is 12.7. The number of alkyl halides is 3. The highest BCUT2D eigenvalue weighted by Crippen LogP contribution is 2.34. The lowest BCUT2D eigenvalue weighted by Crippen LogP contribution is -2.52. The first-order chi connectivity index (χ1) is 16.6. The standard InChI is InChI=1S/C25H31F3N4O3/c1-19-7-3-6-10-22(19)35-16-15-30(2)18-24(34)32-13-11-31(12-14-32)17-23(33)29-21-9-5-4-8-20(21)25(26,27)28/h3-10H,11-18H2,1-2H3,(H,29,33). The molecule has 1 heterocycles. The lowest BCUT2D eigenvalue weighted by molar-refractivity contribution is -0.137. The molecule has 1 saturated heterocycles. The van der Waals surface area contributed by atoms with Gasteiger partial charge in [-0.2, -0.15) is 13.2 Å². The number of anilines is 1. The number of piperazine rings is 1. The van der Waals surface area contributed by atoms with Crippen LogP contribution in [0.5, 0.6) is 5.75 Å². The summed E-state index contributed by atoms with van der Waals surface area (Å²) in [5, 5.41) is 2.36. The van der Waals surface area contributed by atoms with E-state index in [-0.39, 0.29) is 24.7 Å². The van der Waals surface area contributed by atoms with Crippen molar-refractivity contribution in [1.29, 1.82) is 0 Å². The maximum absolute atomic E-state index is 13.1. The zero-order valence-electron chi connectivity index (χ0n) is 20.0. The third-order valence-electron chi connectivity index (χ3n) is 5.83. The molecule has 0 saturated carbocycles. The molecule has 0 aromatic heterocycles. The maximum atomic E-state index is 13.1. The van der Waals surface area contributed by atoms with Crippen LogP contribution < -0.4 is 10.1 Å². The number of hydrogen-bond acceptors (Lipinski definition) is 5. The number of halogens is 3. The predicted molar refractivity (Wildman–Crippen MR) is 127 cm³/mol. The van der Waals surface area contributed by atoms with Crippen LogP contribution >= 0.6 is 0 Å². The maximum Gasteiger partial charge on any atom is 0.418 e. The summed E-state index contributed by atoms with van der Waals surface area (Å²) in [4.78, 5) is 30.4. The van der Waals surface area contributed by atoms with Crippen LogP contribution in [0.25, 0.3) is 0 Å². The highest BCUT2D eigenvalue weighted by molar-refractivity contribution is 5.93. The summed E-state index contributed by atoms with van der Waals surface area (Å²) in [6.07, 6.45) is -4.55. The smallest absolute Gasteiger partial charge is 0.418 e. The number of nitrogens with zero attached hydrogens (tertiary/aromatic N) is 3. The Labute approximate surface area is 203 Å². The van der Waals surface area contributed by atoms with Gasteiger partial charge in [-0.3, -0.25) is 19.4 Å². The van der Waals surface area contributed by atoms with Gasteiger partial charge in [0.05, 0.1) is 24.3 Å². The van der Waals surface area contributed by atoms with Crippen molar-refractivity contribution in [1.82, 2.24) is 14.7 Å². The summed E-state index contributed by atoms with van der Waals surface area (Å²) >= 11 is 0. The van der Waals surface area contributed by atoms with Gasteiger partial charge in [0.1, 0.15) is 12.4 Å². The highest BCUT2D eigenvalue weighted by Gasteiger charge is 2.33. The van der Waals surface area contributed by atoms with E-state index < -0.39 is 17.6 Å². The zero-order chi connectivity index (χ0) is 25.4. The molecule has 10 heteroatoms. The first-order valence-electron chi connectivity index (χ1n) is 11.5. The van der Waals surface area contributed by atoms with E-state index >= 15 is 0 Å². The number of nitrogens with one attached hydrogen (secondary N) is 1. The molecule has 35 heavy (non-hydrogen) atoms. The quantitative estimate of drug-likeness (QED) is 0.583. The van der Waals surface area contributed by atoms with Crippen molar-refractivity contribution in [2.24, 2.45) is 0 Å². The molecule has 0 radical (unpaired) electrons. The van der Waals surface area contributed by atoms with Gasteiger partial charge in [0.2, 0.25) is 11.8 Å². The van der Waals surface area contributed by atoms with E-state index in [1.165, 1.54) is 18.2 Å². The van der Waals surface area contributed by atoms with E-state index in [0.717, 1.165) is 17.4 Å². The summed E-state index contributed by atoms with van der Waals surface area (Å²) < 4.78 is 45.1. The van der Waals surface area contributed by atoms with Gasteiger partial charge in [0, 0.05) is 32.7 Å². The second kappa shape index (κ2) is 12.0. The molecule has 1 aliphatic heterocycles. The molecule has 3 rings (SSSR count). The van der Waals surface area contributed by atoms with E-state index in [9.17, 15) is 22.8 Å². The van der Waals surface area contributed by atoms with Crippen LogP contribution in [0.2, 0.25) is 0 Å². The minimum Gasteiger partial charge on any atom is -0.492 e. The van der Waals surface area contributed by atoms with Gasteiger partial charge in [0.15, 0.2) is 0 Å². The van der Waals surface area contributed by atoms with Gasteiger partial charge in [0.25, 0.3) is 0 Å². The number of hydrogen-bond donors (Lipinski definition) is 1. The van der Waals surface area contributed by atoms with Crippen LogP contribution in [-0.4, -0.2) is 86.0 Å². The topological polar surface area (TPSA) is 65.1 Å². The van der Waals surface area contributed by atoms with Crippen molar-refractivity contribution in [2.45, 2.75) is 13.1 Å². The van der Waals surface area contributed by atoms with Crippen LogP contribution in [0, 0.1) is 6.92 Å². The predicted octanol–water partition coefficient (Wildman–Crippen LogP) is 3.11. The van der Waals surface area contributed by atoms with E-state index in [0.29, 0.717) is 39.3 Å². The number of ether oxygens (including phenoxy) is 1. The number of rotatable bonds is 9. The first kappa shape index (κ1) is 26.5. The van der Waals surface area contributed by atoms with Crippen molar-refractivity contribution in [3.63, 3.8) is 0 Å². The van der Waals surface area contributed by atoms with Crippen LogP contribution in [0.4, 0.5) is 18.9 Å². The average Bonchev–Trinajstić information content (AvgIpc) is 2.80. The van der Waals surface area contributed by atoms with Crippen LogP contribution in [0.15, 0.2) is 48.5 Å². The third-order valence-corrected chi connectivity index (χ3v) is 5.83. The monoisotopic (exact) mass is 492 g/mol. The van der Waals surface area contributed by atoms with Crippen LogP contribution in [-0.2, 0) is 15.8 Å². The van der Waals surface area contributed by atoms with Crippen LogP contribution in [0.3, 0.4) is 0 Å². The Bertz CT molecular complexity index is 1010. The molecule has 0 spiro atoms. The fraction of sp³-hybridized carbons (Fsp3) is 0.440. The first-order valence-corrected chi connectivity index (χ1v) is 11.5. The number of para-hydroxylation sites is 2. The fourth-order valence-corrected chi connectivity index (χ4v) is 3.83. The number of benzene rings is 2. The minimum absolute atomic E-state index is 0.00778. The molecule has 7 nitrogen and oxygen atoms in total.